The molecule has 1 aliphatic heterocycles. The van der Waals surface area contributed by atoms with Gasteiger partial charge in [0.05, 0.1) is 21.8 Å². The summed E-state index contributed by atoms with van der Waals surface area (Å²) in [7, 11) is -3.72. The van der Waals surface area contributed by atoms with E-state index in [1.807, 2.05) is 48.5 Å². The molecule has 9 heteroatoms. The van der Waals surface area contributed by atoms with Crippen LogP contribution in [-0.4, -0.2) is 44.3 Å². The zero-order chi connectivity index (χ0) is 24.3. The van der Waals surface area contributed by atoms with Gasteiger partial charge in [0.25, 0.3) is 5.91 Å². The molecule has 0 N–H and O–H groups in total. The van der Waals surface area contributed by atoms with Gasteiger partial charge in [0, 0.05) is 22.9 Å². The molecule has 0 unspecified atom stereocenters. The summed E-state index contributed by atoms with van der Waals surface area (Å²) < 4.78 is 32.2. The van der Waals surface area contributed by atoms with Crippen molar-refractivity contribution in [1.29, 1.82) is 0 Å². The van der Waals surface area contributed by atoms with Crippen molar-refractivity contribution < 1.29 is 22.7 Å². The van der Waals surface area contributed by atoms with Gasteiger partial charge >= 0.3 is 5.97 Å². The van der Waals surface area contributed by atoms with Crippen molar-refractivity contribution in [3.63, 3.8) is 0 Å². The van der Waals surface area contributed by atoms with Gasteiger partial charge < -0.3 is 4.74 Å². The second kappa shape index (κ2) is 10.0. The molecule has 4 rings (SSSR count). The number of anilines is 2. The van der Waals surface area contributed by atoms with Crippen LogP contribution in [0.4, 0.5) is 11.4 Å². The Balaban J connectivity index is 1.54. The number of carbonyl (C=O) groups is 2. The fourth-order valence-corrected chi connectivity index (χ4v) is 6.31. The lowest BCUT2D eigenvalue weighted by molar-refractivity contribution is -0.121. The van der Waals surface area contributed by atoms with E-state index in [-0.39, 0.29) is 10.5 Å². The molecule has 3 aromatic carbocycles. The summed E-state index contributed by atoms with van der Waals surface area (Å²) in [6, 6.07) is 20.7. The van der Waals surface area contributed by atoms with E-state index in [0.29, 0.717) is 13.1 Å². The van der Waals surface area contributed by atoms with Crippen molar-refractivity contribution in [2.45, 2.75) is 28.5 Å². The maximum Gasteiger partial charge on any atom is 0.338 e. The van der Waals surface area contributed by atoms with Crippen LogP contribution in [0.5, 0.6) is 0 Å². The first kappa shape index (κ1) is 24.0. The summed E-state index contributed by atoms with van der Waals surface area (Å²) in [4.78, 5) is 29.3. The number of amides is 1. The van der Waals surface area contributed by atoms with Crippen LogP contribution < -0.4 is 4.90 Å². The van der Waals surface area contributed by atoms with Gasteiger partial charge in [0.1, 0.15) is 0 Å². The number of ether oxygens (including phenoxy) is 1. The summed E-state index contributed by atoms with van der Waals surface area (Å²) in [6.07, 6.45) is 0. The Labute approximate surface area is 203 Å². The lowest BCUT2D eigenvalue weighted by Crippen LogP contribution is -2.32. The van der Waals surface area contributed by atoms with Gasteiger partial charge in [0.2, 0.25) is 10.0 Å². The lowest BCUT2D eigenvalue weighted by Gasteiger charge is -2.30. The predicted octanol–water partition coefficient (Wildman–Crippen LogP) is 4.70. The van der Waals surface area contributed by atoms with Crippen molar-refractivity contribution in [3.8, 4) is 0 Å². The first-order valence-corrected chi connectivity index (χ1v) is 13.1. The third-order valence-electron chi connectivity index (χ3n) is 5.42. The molecule has 0 fully saturated rings. The highest BCUT2D eigenvalue weighted by atomic mass is 32.2. The number of fused-ring (bicyclic) bond motifs is 2. The largest absolute Gasteiger partial charge is 0.452 e. The average molecular weight is 497 g/mol. The minimum Gasteiger partial charge on any atom is -0.452 e. The first-order chi connectivity index (χ1) is 16.4. The monoisotopic (exact) mass is 496 g/mol. The Kier molecular flexibility index (Phi) is 7.06. The van der Waals surface area contributed by atoms with Crippen molar-refractivity contribution in [2.24, 2.45) is 0 Å². The third-order valence-corrected chi connectivity index (χ3v) is 8.60. The second-order valence-corrected chi connectivity index (χ2v) is 10.5. The number of benzene rings is 3. The number of esters is 1. The molecule has 0 bridgehead atoms. The first-order valence-electron chi connectivity index (χ1n) is 10.8. The number of hydrogen-bond acceptors (Lipinski definition) is 6. The summed E-state index contributed by atoms with van der Waals surface area (Å²) in [5, 5.41) is 0. The van der Waals surface area contributed by atoms with Gasteiger partial charge in [-0.15, -0.1) is 0 Å². The highest BCUT2D eigenvalue weighted by Crippen LogP contribution is 2.47. The van der Waals surface area contributed by atoms with E-state index in [2.05, 4.69) is 0 Å². The van der Waals surface area contributed by atoms with E-state index < -0.39 is 28.5 Å². The minimum absolute atomic E-state index is 0.00730. The van der Waals surface area contributed by atoms with E-state index >= 15 is 0 Å². The van der Waals surface area contributed by atoms with Crippen molar-refractivity contribution >= 4 is 45.0 Å². The van der Waals surface area contributed by atoms with Gasteiger partial charge in [-0.3, -0.25) is 9.69 Å². The summed E-state index contributed by atoms with van der Waals surface area (Å²) in [5.74, 6) is -1.17. The third kappa shape index (κ3) is 4.59. The number of rotatable bonds is 7. The number of hydrogen-bond donors (Lipinski definition) is 0. The molecule has 34 heavy (non-hydrogen) atoms. The van der Waals surface area contributed by atoms with Crippen LogP contribution >= 0.6 is 11.8 Å². The SMILES string of the molecule is CCN(CC)S(=O)(=O)c1cccc(C(=O)OCC(=O)N2c3ccccc3Sc3ccccc32)c1. The maximum atomic E-state index is 13.2. The zero-order valence-corrected chi connectivity index (χ0v) is 20.4. The summed E-state index contributed by atoms with van der Waals surface area (Å²) >= 11 is 1.57. The smallest absolute Gasteiger partial charge is 0.338 e. The Bertz CT molecular complexity index is 1290. The molecule has 1 heterocycles. The predicted molar refractivity (Wildman–Crippen MR) is 131 cm³/mol. The molecular weight excluding hydrogens is 472 g/mol. The molecule has 1 aliphatic rings. The van der Waals surface area contributed by atoms with E-state index in [0.717, 1.165) is 21.2 Å². The number of sulfonamides is 1. The molecule has 0 radical (unpaired) electrons. The van der Waals surface area contributed by atoms with Crippen LogP contribution in [0.3, 0.4) is 0 Å². The number of carbonyl (C=O) groups excluding carboxylic acids is 2. The average Bonchev–Trinajstić information content (AvgIpc) is 2.86. The quantitative estimate of drug-likeness (QED) is 0.441. The Morgan fingerprint density at radius 2 is 1.47 bits per heavy atom. The standard InChI is InChI=1S/C25H24N2O5S2/c1-3-26(4-2)34(30,31)19-11-9-10-18(16-19)25(29)32-17-24(28)27-20-12-5-7-14-22(20)33-23-15-8-6-13-21(23)27/h5-16H,3-4,17H2,1-2H3. The van der Waals surface area contributed by atoms with E-state index in [9.17, 15) is 18.0 Å². The van der Waals surface area contributed by atoms with Gasteiger partial charge in [-0.25, -0.2) is 13.2 Å². The molecule has 0 saturated heterocycles. The zero-order valence-electron chi connectivity index (χ0n) is 18.8. The van der Waals surface area contributed by atoms with Crippen LogP contribution in [0.25, 0.3) is 0 Å². The van der Waals surface area contributed by atoms with Crippen LogP contribution in [0, 0.1) is 0 Å². The fraction of sp³-hybridized carbons (Fsp3) is 0.200. The normalized spacial score (nSPS) is 12.7. The fourth-order valence-electron chi connectivity index (χ4n) is 3.74. The van der Waals surface area contributed by atoms with Crippen molar-refractivity contribution in [2.75, 3.05) is 24.6 Å². The Morgan fingerprint density at radius 1 is 0.882 bits per heavy atom. The molecule has 0 spiro atoms. The van der Waals surface area contributed by atoms with Crippen LogP contribution in [-0.2, 0) is 19.6 Å². The number of para-hydroxylation sites is 2. The van der Waals surface area contributed by atoms with Crippen LogP contribution in [0.1, 0.15) is 24.2 Å². The molecule has 7 nitrogen and oxygen atoms in total. The van der Waals surface area contributed by atoms with Gasteiger partial charge in [0.15, 0.2) is 6.61 Å². The Hall–Kier alpha value is -3.14. The van der Waals surface area contributed by atoms with Crippen LogP contribution in [0.2, 0.25) is 0 Å². The highest BCUT2D eigenvalue weighted by Gasteiger charge is 2.29. The molecule has 176 valence electrons. The molecular formula is C25H24N2O5S2. The minimum atomic E-state index is -3.72. The molecule has 0 aliphatic carbocycles. The van der Waals surface area contributed by atoms with Gasteiger partial charge in [-0.05, 0) is 42.5 Å². The summed E-state index contributed by atoms with van der Waals surface area (Å²) in [5.41, 5.74) is 1.51. The van der Waals surface area contributed by atoms with Crippen LogP contribution in [0.15, 0.2) is 87.5 Å². The molecule has 0 atom stereocenters. The van der Waals surface area contributed by atoms with Gasteiger partial charge in [-0.1, -0.05) is 55.9 Å². The molecule has 0 aromatic heterocycles. The molecule has 3 aromatic rings. The lowest BCUT2D eigenvalue weighted by atomic mass is 10.2. The van der Waals surface area contributed by atoms with E-state index in [1.54, 1.807) is 30.5 Å². The topological polar surface area (TPSA) is 84.0 Å². The second-order valence-electron chi connectivity index (χ2n) is 7.46. The maximum absolute atomic E-state index is 13.2. The van der Waals surface area contributed by atoms with E-state index in [4.69, 9.17) is 4.74 Å². The Morgan fingerprint density at radius 3 is 2.06 bits per heavy atom. The van der Waals surface area contributed by atoms with Gasteiger partial charge in [-0.2, -0.15) is 4.31 Å². The molecule has 0 saturated carbocycles. The van der Waals surface area contributed by atoms with E-state index in [1.165, 1.54) is 28.6 Å². The van der Waals surface area contributed by atoms with Crippen molar-refractivity contribution in [3.05, 3.63) is 78.4 Å². The summed E-state index contributed by atoms with van der Waals surface area (Å²) in [6.45, 7) is 3.65. The highest BCUT2D eigenvalue weighted by molar-refractivity contribution is 7.99. The molecule has 1 amide bonds. The number of nitrogens with zero attached hydrogens (tertiary/aromatic N) is 2. The van der Waals surface area contributed by atoms with Crippen molar-refractivity contribution in [1.82, 2.24) is 4.31 Å².